The van der Waals surface area contributed by atoms with Gasteiger partial charge in [-0.1, -0.05) is 12.8 Å². The zero-order valence-electron chi connectivity index (χ0n) is 11.1. The van der Waals surface area contributed by atoms with Crippen LogP contribution in [0.15, 0.2) is 24.5 Å². The van der Waals surface area contributed by atoms with Crippen molar-refractivity contribution in [1.82, 2.24) is 4.98 Å². The van der Waals surface area contributed by atoms with Crippen LogP contribution in [0, 0.1) is 11.3 Å². The minimum absolute atomic E-state index is 0.539. The molecule has 102 valence electrons. The second-order valence-electron chi connectivity index (χ2n) is 5.96. The highest BCUT2D eigenvalue weighted by Crippen LogP contribution is 2.45. The number of nitrogens with zero attached hydrogens (tertiary/aromatic N) is 2. The van der Waals surface area contributed by atoms with Gasteiger partial charge in [-0.2, -0.15) is 0 Å². The number of hydrogen-bond donors (Lipinski definition) is 1. The van der Waals surface area contributed by atoms with Crippen molar-refractivity contribution in [2.45, 2.75) is 32.1 Å². The molecule has 0 aromatic carbocycles. The molecular formula is C15H20N2O2. The van der Waals surface area contributed by atoms with Gasteiger partial charge in [-0.15, -0.1) is 0 Å². The lowest BCUT2D eigenvalue weighted by molar-refractivity contribution is -0.150. The summed E-state index contributed by atoms with van der Waals surface area (Å²) < 4.78 is 0. The normalized spacial score (nSPS) is 27.3. The molecule has 0 amide bonds. The van der Waals surface area contributed by atoms with Crippen LogP contribution < -0.4 is 4.90 Å². The Morgan fingerprint density at radius 3 is 2.79 bits per heavy atom. The molecule has 0 radical (unpaired) electrons. The maximum Gasteiger partial charge on any atom is 0.311 e. The predicted octanol–water partition coefficient (Wildman–Crippen LogP) is 2.55. The maximum absolute atomic E-state index is 11.8. The van der Waals surface area contributed by atoms with Gasteiger partial charge in [0.1, 0.15) is 0 Å². The van der Waals surface area contributed by atoms with Crippen molar-refractivity contribution in [1.29, 1.82) is 0 Å². The standard InChI is InChI=1S/C15H20N2O2/c18-14(19)15(10-12-2-3-12)6-1-9-17(11-15)13-4-7-16-8-5-13/h4-5,7-8,12H,1-3,6,9-11H2,(H,18,19)/t15-/m0/s1. The van der Waals surface area contributed by atoms with Crippen LogP contribution in [0.25, 0.3) is 0 Å². The lowest BCUT2D eigenvalue weighted by atomic mass is 9.75. The molecule has 0 unspecified atom stereocenters. The lowest BCUT2D eigenvalue weighted by Crippen LogP contribution is -2.48. The van der Waals surface area contributed by atoms with Gasteiger partial charge in [-0.25, -0.2) is 0 Å². The molecule has 1 saturated carbocycles. The molecule has 4 heteroatoms. The third-order valence-electron chi connectivity index (χ3n) is 4.43. The zero-order chi connectivity index (χ0) is 13.3. The van der Waals surface area contributed by atoms with Crippen LogP contribution in [-0.4, -0.2) is 29.1 Å². The Labute approximate surface area is 113 Å². The monoisotopic (exact) mass is 260 g/mol. The Hall–Kier alpha value is -1.58. The van der Waals surface area contributed by atoms with Gasteiger partial charge in [-0.3, -0.25) is 9.78 Å². The van der Waals surface area contributed by atoms with Gasteiger partial charge in [0.2, 0.25) is 0 Å². The van der Waals surface area contributed by atoms with Crippen LogP contribution in [0.1, 0.15) is 32.1 Å². The Morgan fingerprint density at radius 2 is 2.16 bits per heavy atom. The van der Waals surface area contributed by atoms with Gasteiger partial charge >= 0.3 is 5.97 Å². The molecule has 1 aliphatic carbocycles. The zero-order valence-corrected chi connectivity index (χ0v) is 11.1. The largest absolute Gasteiger partial charge is 0.481 e. The molecule has 1 aromatic heterocycles. The van der Waals surface area contributed by atoms with E-state index in [1.807, 2.05) is 12.1 Å². The van der Waals surface area contributed by atoms with Crippen LogP contribution in [0.3, 0.4) is 0 Å². The minimum atomic E-state index is -0.613. The summed E-state index contributed by atoms with van der Waals surface area (Å²) in [6.45, 7) is 1.59. The number of anilines is 1. The quantitative estimate of drug-likeness (QED) is 0.904. The van der Waals surface area contributed by atoms with E-state index >= 15 is 0 Å². The number of aliphatic carboxylic acids is 1. The van der Waals surface area contributed by atoms with Gasteiger partial charge in [0.25, 0.3) is 0 Å². The van der Waals surface area contributed by atoms with Crippen molar-refractivity contribution in [3.8, 4) is 0 Å². The fourth-order valence-electron chi connectivity index (χ4n) is 3.21. The molecule has 2 heterocycles. The molecule has 2 fully saturated rings. The van der Waals surface area contributed by atoms with E-state index in [0.29, 0.717) is 12.5 Å². The highest BCUT2D eigenvalue weighted by Gasteiger charge is 2.45. The summed E-state index contributed by atoms with van der Waals surface area (Å²) in [5, 5.41) is 9.69. The second kappa shape index (κ2) is 4.83. The highest BCUT2D eigenvalue weighted by molar-refractivity contribution is 5.76. The first-order valence-corrected chi connectivity index (χ1v) is 7.08. The van der Waals surface area contributed by atoms with Crippen LogP contribution in [0.4, 0.5) is 5.69 Å². The molecule has 0 spiro atoms. The SMILES string of the molecule is O=C(O)[C@]1(CC2CC2)CCCN(c2ccncc2)C1. The molecule has 1 aliphatic heterocycles. The van der Waals surface area contributed by atoms with Gasteiger partial charge in [0.05, 0.1) is 5.41 Å². The van der Waals surface area contributed by atoms with Gasteiger partial charge < -0.3 is 10.0 Å². The first-order valence-electron chi connectivity index (χ1n) is 7.08. The lowest BCUT2D eigenvalue weighted by Gasteiger charge is -2.41. The van der Waals surface area contributed by atoms with Crippen molar-refractivity contribution in [2.24, 2.45) is 11.3 Å². The number of rotatable bonds is 4. The Balaban J connectivity index is 1.80. The van der Waals surface area contributed by atoms with Gasteiger partial charge in [0, 0.05) is 31.2 Å². The number of carbonyl (C=O) groups is 1. The minimum Gasteiger partial charge on any atom is -0.481 e. The Bertz CT molecular complexity index is 458. The number of aromatic nitrogens is 1. The second-order valence-corrected chi connectivity index (χ2v) is 5.96. The average molecular weight is 260 g/mol. The van der Waals surface area contributed by atoms with Crippen LogP contribution in [0.5, 0.6) is 0 Å². The molecule has 0 bridgehead atoms. The molecule has 4 nitrogen and oxygen atoms in total. The van der Waals surface area contributed by atoms with E-state index in [9.17, 15) is 9.90 Å². The van der Waals surface area contributed by atoms with Gasteiger partial charge in [-0.05, 0) is 37.3 Å². The summed E-state index contributed by atoms with van der Waals surface area (Å²) in [6, 6.07) is 3.93. The summed E-state index contributed by atoms with van der Waals surface area (Å²) in [6.07, 6.45) is 8.60. The summed E-state index contributed by atoms with van der Waals surface area (Å²) in [4.78, 5) is 18.0. The van der Waals surface area contributed by atoms with Crippen LogP contribution in [-0.2, 0) is 4.79 Å². The van der Waals surface area contributed by atoms with Crippen molar-refractivity contribution >= 4 is 11.7 Å². The van der Waals surface area contributed by atoms with Crippen molar-refractivity contribution in [3.63, 3.8) is 0 Å². The third kappa shape index (κ3) is 2.57. The molecule has 3 rings (SSSR count). The maximum atomic E-state index is 11.8. The van der Waals surface area contributed by atoms with E-state index in [1.54, 1.807) is 12.4 Å². The Morgan fingerprint density at radius 1 is 1.42 bits per heavy atom. The summed E-state index contributed by atoms with van der Waals surface area (Å²) in [5.41, 5.74) is 0.555. The molecular weight excluding hydrogens is 240 g/mol. The third-order valence-corrected chi connectivity index (χ3v) is 4.43. The van der Waals surface area contributed by atoms with Crippen molar-refractivity contribution in [3.05, 3.63) is 24.5 Å². The highest BCUT2D eigenvalue weighted by atomic mass is 16.4. The summed E-state index contributed by atoms with van der Waals surface area (Å²) in [7, 11) is 0. The first-order chi connectivity index (χ1) is 9.20. The summed E-state index contributed by atoms with van der Waals surface area (Å²) in [5.74, 6) is 0.0339. The molecule has 19 heavy (non-hydrogen) atoms. The molecule has 1 N–H and O–H groups in total. The van der Waals surface area contributed by atoms with E-state index in [0.717, 1.165) is 31.5 Å². The molecule has 1 saturated heterocycles. The smallest absolute Gasteiger partial charge is 0.311 e. The molecule has 1 aromatic rings. The first kappa shape index (κ1) is 12.5. The fraction of sp³-hybridized carbons (Fsp3) is 0.600. The van der Waals surface area contributed by atoms with Crippen LogP contribution >= 0.6 is 0 Å². The molecule has 2 aliphatic rings. The van der Waals surface area contributed by atoms with Crippen molar-refractivity contribution < 1.29 is 9.90 Å². The number of carboxylic acids is 1. The Kier molecular flexibility index (Phi) is 3.17. The topological polar surface area (TPSA) is 53.4 Å². The van der Waals surface area contributed by atoms with Gasteiger partial charge in [0.15, 0.2) is 0 Å². The van der Waals surface area contributed by atoms with Crippen molar-refractivity contribution in [2.75, 3.05) is 18.0 Å². The molecule has 1 atom stereocenters. The predicted molar refractivity (Wildman–Crippen MR) is 73.1 cm³/mol. The average Bonchev–Trinajstić information content (AvgIpc) is 3.24. The number of piperidine rings is 1. The van der Waals surface area contributed by atoms with E-state index < -0.39 is 11.4 Å². The van der Waals surface area contributed by atoms with E-state index in [1.165, 1.54) is 12.8 Å². The van der Waals surface area contributed by atoms with Crippen LogP contribution in [0.2, 0.25) is 0 Å². The van der Waals surface area contributed by atoms with E-state index in [4.69, 9.17) is 0 Å². The van der Waals surface area contributed by atoms with E-state index in [-0.39, 0.29) is 0 Å². The fourth-order valence-corrected chi connectivity index (χ4v) is 3.21. The number of hydrogen-bond acceptors (Lipinski definition) is 3. The number of carboxylic acid groups (broad SMARTS) is 1. The number of pyridine rings is 1. The van der Waals surface area contributed by atoms with E-state index in [2.05, 4.69) is 9.88 Å². The summed E-state index contributed by atoms with van der Waals surface area (Å²) >= 11 is 0.